The van der Waals surface area contributed by atoms with Gasteiger partial charge < -0.3 is 10.6 Å². The van der Waals surface area contributed by atoms with Crippen LogP contribution in [0.15, 0.2) is 0 Å². The Morgan fingerprint density at radius 2 is 1.94 bits per heavy atom. The molecule has 0 atom stereocenters. The minimum absolute atomic E-state index is 0.230. The molecule has 0 spiro atoms. The van der Waals surface area contributed by atoms with E-state index in [2.05, 4.69) is 18.7 Å². The van der Waals surface area contributed by atoms with Crippen LogP contribution in [0, 0.1) is 0 Å². The van der Waals surface area contributed by atoms with Crippen molar-refractivity contribution in [1.29, 1.82) is 0 Å². The summed E-state index contributed by atoms with van der Waals surface area (Å²) in [6, 6.07) is 0.874. The molecule has 0 aromatic carbocycles. The lowest BCUT2D eigenvalue weighted by atomic mass is 10.2. The third-order valence-corrected chi connectivity index (χ3v) is 4.00. The number of likely N-dealkylation sites (N-methyl/N-ethyl adjacent to an activating group) is 1. The number of hydrogen-bond donors (Lipinski definition) is 1. The number of nitrogens with two attached hydrogens (primary N) is 1. The molecule has 1 rings (SSSR count). The summed E-state index contributed by atoms with van der Waals surface area (Å²) in [5, 5.41) is 0. The largest absolute Gasteiger partial charge is 0.342 e. The van der Waals surface area contributed by atoms with Crippen molar-refractivity contribution in [3.05, 3.63) is 0 Å². The zero-order valence-electron chi connectivity index (χ0n) is 12.2. The van der Waals surface area contributed by atoms with Crippen molar-refractivity contribution in [1.82, 2.24) is 9.80 Å². The van der Waals surface area contributed by atoms with Crippen LogP contribution >= 0.6 is 0 Å². The second kappa shape index (κ2) is 7.74. The molecule has 106 valence electrons. The van der Waals surface area contributed by atoms with E-state index in [1.807, 2.05) is 11.9 Å². The van der Waals surface area contributed by atoms with Crippen molar-refractivity contribution in [2.45, 2.75) is 58.0 Å². The molecule has 1 amide bonds. The van der Waals surface area contributed by atoms with Crippen LogP contribution in [0.2, 0.25) is 0 Å². The van der Waals surface area contributed by atoms with Gasteiger partial charge in [-0.25, -0.2) is 0 Å². The van der Waals surface area contributed by atoms with Gasteiger partial charge in [-0.3, -0.25) is 9.69 Å². The molecule has 0 bridgehead atoms. The minimum Gasteiger partial charge on any atom is -0.342 e. The maximum atomic E-state index is 12.2. The van der Waals surface area contributed by atoms with Crippen LogP contribution in [0.25, 0.3) is 0 Å². The third kappa shape index (κ3) is 4.58. The number of carbonyl (C=O) groups excluding carboxylic acids is 1. The van der Waals surface area contributed by atoms with Crippen molar-refractivity contribution in [2.75, 3.05) is 26.7 Å². The normalized spacial score (nSPS) is 16.8. The third-order valence-electron chi connectivity index (χ3n) is 4.00. The Kier molecular flexibility index (Phi) is 6.65. The van der Waals surface area contributed by atoms with Crippen LogP contribution in [0.5, 0.6) is 0 Å². The lowest BCUT2D eigenvalue weighted by molar-refractivity contribution is -0.133. The summed E-state index contributed by atoms with van der Waals surface area (Å²) in [6.45, 7) is 6.32. The van der Waals surface area contributed by atoms with E-state index < -0.39 is 0 Å². The fourth-order valence-corrected chi connectivity index (χ4v) is 2.53. The minimum atomic E-state index is 0.230. The van der Waals surface area contributed by atoms with Crippen molar-refractivity contribution >= 4 is 5.91 Å². The van der Waals surface area contributed by atoms with Gasteiger partial charge in [-0.1, -0.05) is 12.8 Å². The van der Waals surface area contributed by atoms with E-state index in [9.17, 15) is 4.79 Å². The summed E-state index contributed by atoms with van der Waals surface area (Å²) in [5.74, 6) is 0.230. The van der Waals surface area contributed by atoms with Crippen LogP contribution in [0.4, 0.5) is 0 Å². The van der Waals surface area contributed by atoms with Crippen molar-refractivity contribution < 1.29 is 4.79 Å². The van der Waals surface area contributed by atoms with E-state index in [1.54, 1.807) is 0 Å². The lowest BCUT2D eigenvalue weighted by Gasteiger charge is -2.31. The molecule has 0 aromatic heterocycles. The van der Waals surface area contributed by atoms with E-state index in [1.165, 1.54) is 25.7 Å². The standard InChI is InChI=1S/C14H29N3O/c1-12(2)16(3)14(18)11-17(10-6-9-15)13-7-4-5-8-13/h12-13H,4-11,15H2,1-3H3. The highest BCUT2D eigenvalue weighted by molar-refractivity contribution is 5.78. The molecule has 0 saturated heterocycles. The SMILES string of the molecule is CC(C)N(C)C(=O)CN(CCCN)C1CCCC1. The molecule has 1 fully saturated rings. The molecule has 0 radical (unpaired) electrons. The molecule has 0 aromatic rings. The predicted octanol–water partition coefficient (Wildman–Crippen LogP) is 1.45. The first kappa shape index (κ1) is 15.4. The van der Waals surface area contributed by atoms with Gasteiger partial charge in [0.15, 0.2) is 0 Å². The number of nitrogens with zero attached hydrogens (tertiary/aromatic N) is 2. The number of rotatable bonds is 7. The second-order valence-electron chi connectivity index (χ2n) is 5.65. The first-order chi connectivity index (χ1) is 8.56. The molecule has 0 heterocycles. The smallest absolute Gasteiger partial charge is 0.236 e. The fourth-order valence-electron chi connectivity index (χ4n) is 2.53. The Labute approximate surface area is 111 Å². The predicted molar refractivity (Wildman–Crippen MR) is 75.4 cm³/mol. The van der Waals surface area contributed by atoms with Crippen molar-refractivity contribution in [3.8, 4) is 0 Å². The Bertz CT molecular complexity index is 249. The molecular weight excluding hydrogens is 226 g/mol. The quantitative estimate of drug-likeness (QED) is 0.749. The lowest BCUT2D eigenvalue weighted by Crippen LogP contribution is -2.45. The van der Waals surface area contributed by atoms with Crippen molar-refractivity contribution in [2.24, 2.45) is 5.73 Å². The summed E-state index contributed by atoms with van der Waals surface area (Å²) in [6.07, 6.45) is 6.07. The van der Waals surface area contributed by atoms with Crippen LogP contribution in [0.1, 0.15) is 46.0 Å². The van der Waals surface area contributed by atoms with E-state index in [0.29, 0.717) is 19.1 Å². The van der Waals surface area contributed by atoms with Gasteiger partial charge in [-0.2, -0.15) is 0 Å². The Balaban J connectivity index is 2.51. The monoisotopic (exact) mass is 255 g/mol. The number of carbonyl (C=O) groups is 1. The molecule has 4 heteroatoms. The molecule has 0 aliphatic heterocycles. The highest BCUT2D eigenvalue weighted by Gasteiger charge is 2.25. The van der Waals surface area contributed by atoms with Crippen LogP contribution in [-0.2, 0) is 4.79 Å². The maximum absolute atomic E-state index is 12.2. The van der Waals surface area contributed by atoms with Gasteiger partial charge >= 0.3 is 0 Å². The number of hydrogen-bond acceptors (Lipinski definition) is 3. The van der Waals surface area contributed by atoms with E-state index in [-0.39, 0.29) is 11.9 Å². The second-order valence-corrected chi connectivity index (χ2v) is 5.65. The summed E-state index contributed by atoms with van der Waals surface area (Å²) < 4.78 is 0. The number of amides is 1. The fraction of sp³-hybridized carbons (Fsp3) is 0.929. The average molecular weight is 255 g/mol. The molecule has 2 N–H and O–H groups in total. The zero-order chi connectivity index (χ0) is 13.5. The van der Waals surface area contributed by atoms with E-state index in [4.69, 9.17) is 5.73 Å². The maximum Gasteiger partial charge on any atom is 0.236 e. The molecule has 0 unspecified atom stereocenters. The first-order valence-corrected chi connectivity index (χ1v) is 7.26. The molecular formula is C14H29N3O. The summed E-state index contributed by atoms with van der Waals surface area (Å²) >= 11 is 0. The van der Waals surface area contributed by atoms with E-state index in [0.717, 1.165) is 13.0 Å². The van der Waals surface area contributed by atoms with Crippen molar-refractivity contribution in [3.63, 3.8) is 0 Å². The summed E-state index contributed by atoms with van der Waals surface area (Å²) in [5.41, 5.74) is 5.59. The van der Waals surface area contributed by atoms with Crippen LogP contribution < -0.4 is 5.73 Å². The highest BCUT2D eigenvalue weighted by Crippen LogP contribution is 2.23. The summed E-state index contributed by atoms with van der Waals surface area (Å²) in [4.78, 5) is 16.4. The van der Waals surface area contributed by atoms with Crippen LogP contribution in [-0.4, -0.2) is 54.5 Å². The highest BCUT2D eigenvalue weighted by atomic mass is 16.2. The van der Waals surface area contributed by atoms with E-state index >= 15 is 0 Å². The summed E-state index contributed by atoms with van der Waals surface area (Å²) in [7, 11) is 1.89. The van der Waals surface area contributed by atoms with Gasteiger partial charge in [0.05, 0.1) is 6.54 Å². The van der Waals surface area contributed by atoms with Gasteiger partial charge in [-0.15, -0.1) is 0 Å². The van der Waals surface area contributed by atoms with Gasteiger partial charge in [0.1, 0.15) is 0 Å². The zero-order valence-corrected chi connectivity index (χ0v) is 12.2. The van der Waals surface area contributed by atoms with Gasteiger partial charge in [-0.05, 0) is 39.7 Å². The molecule has 4 nitrogen and oxygen atoms in total. The Hall–Kier alpha value is -0.610. The first-order valence-electron chi connectivity index (χ1n) is 7.26. The molecule has 1 saturated carbocycles. The Morgan fingerprint density at radius 3 is 2.44 bits per heavy atom. The van der Waals surface area contributed by atoms with Gasteiger partial charge in [0.2, 0.25) is 5.91 Å². The average Bonchev–Trinajstić information content (AvgIpc) is 2.86. The molecule has 18 heavy (non-hydrogen) atoms. The Morgan fingerprint density at radius 1 is 1.33 bits per heavy atom. The van der Waals surface area contributed by atoms with Gasteiger partial charge in [0.25, 0.3) is 0 Å². The van der Waals surface area contributed by atoms with Crippen LogP contribution in [0.3, 0.4) is 0 Å². The molecule has 1 aliphatic carbocycles. The molecule has 1 aliphatic rings. The van der Waals surface area contributed by atoms with Gasteiger partial charge in [0, 0.05) is 25.7 Å². The topological polar surface area (TPSA) is 49.6 Å².